The summed E-state index contributed by atoms with van der Waals surface area (Å²) >= 11 is 0. The Morgan fingerprint density at radius 1 is 1.10 bits per heavy atom. The number of benzene rings is 1. The van der Waals surface area contributed by atoms with Crippen molar-refractivity contribution in [3.05, 3.63) is 52.1 Å². The van der Waals surface area contributed by atoms with Gasteiger partial charge in [0.2, 0.25) is 0 Å². The Hall–Kier alpha value is -2.94. The zero-order valence-corrected chi connectivity index (χ0v) is 23.1. The Morgan fingerprint density at radius 3 is 2.51 bits per heavy atom. The van der Waals surface area contributed by atoms with Crippen LogP contribution in [0.25, 0.3) is 0 Å². The number of rotatable bonds is 6. The molecule has 1 aromatic rings. The van der Waals surface area contributed by atoms with Gasteiger partial charge in [-0.15, -0.1) is 0 Å². The smallest absolute Gasteiger partial charge is 0.200 e. The number of ether oxygens (including phenoxy) is 3. The molecule has 39 heavy (non-hydrogen) atoms. The SMILES string of the molecule is CC(C)=CCc1c(O)cc2c(c1O)C(=O)C1=C[C@H]3C(=O)[C@]4(CC=C(C)C)OC[C@H]([C@H]3CN3CCOCC3)[C@]14O2. The fraction of sp³-hybridized carbons (Fsp3) is 0.548. The number of fused-ring (bicyclic) bond motifs is 1. The van der Waals surface area contributed by atoms with Gasteiger partial charge in [-0.05, 0) is 40.0 Å². The van der Waals surface area contributed by atoms with E-state index in [1.54, 1.807) is 6.08 Å². The van der Waals surface area contributed by atoms with Crippen LogP contribution in [0.5, 0.6) is 17.2 Å². The molecule has 0 amide bonds. The van der Waals surface area contributed by atoms with Gasteiger partial charge in [0.15, 0.2) is 22.8 Å². The van der Waals surface area contributed by atoms with Gasteiger partial charge in [0.1, 0.15) is 22.8 Å². The number of hydrogen-bond acceptors (Lipinski definition) is 8. The van der Waals surface area contributed by atoms with Crippen LogP contribution in [0.3, 0.4) is 0 Å². The van der Waals surface area contributed by atoms with E-state index in [1.165, 1.54) is 6.07 Å². The number of phenols is 2. The normalized spacial score (nSPS) is 32.7. The summed E-state index contributed by atoms with van der Waals surface area (Å²) in [7, 11) is 0. The highest BCUT2D eigenvalue weighted by atomic mass is 16.6. The first-order valence-corrected chi connectivity index (χ1v) is 13.9. The first-order valence-electron chi connectivity index (χ1n) is 13.9. The van der Waals surface area contributed by atoms with Crippen LogP contribution in [-0.2, 0) is 20.7 Å². The molecule has 3 fully saturated rings. The maximum absolute atomic E-state index is 14.3. The van der Waals surface area contributed by atoms with Crippen molar-refractivity contribution >= 4 is 11.6 Å². The van der Waals surface area contributed by atoms with Crippen molar-refractivity contribution in [2.75, 3.05) is 39.5 Å². The Morgan fingerprint density at radius 2 is 1.82 bits per heavy atom. The van der Waals surface area contributed by atoms with Crippen LogP contribution in [0.1, 0.15) is 50.0 Å². The molecule has 6 aliphatic rings. The Bertz CT molecular complexity index is 1330. The first kappa shape index (κ1) is 26.3. The zero-order chi connectivity index (χ0) is 27.7. The number of ketones is 2. The number of phenolic OH excluding ortho intramolecular Hbond substituents is 2. The van der Waals surface area contributed by atoms with Crippen LogP contribution in [-0.4, -0.2) is 77.3 Å². The highest BCUT2D eigenvalue weighted by Gasteiger charge is 2.79. The summed E-state index contributed by atoms with van der Waals surface area (Å²) in [5.74, 6) is -1.53. The Balaban J connectivity index is 1.50. The molecule has 0 unspecified atom stereocenters. The van der Waals surface area contributed by atoms with Crippen LogP contribution in [0.4, 0.5) is 0 Å². The fourth-order valence-corrected chi connectivity index (χ4v) is 7.30. The second-order valence-corrected chi connectivity index (χ2v) is 12.0. The van der Waals surface area contributed by atoms with Crippen LogP contribution >= 0.6 is 0 Å². The lowest BCUT2D eigenvalue weighted by atomic mass is 9.49. The van der Waals surface area contributed by atoms with Gasteiger partial charge >= 0.3 is 0 Å². The van der Waals surface area contributed by atoms with Crippen molar-refractivity contribution in [1.82, 2.24) is 4.90 Å². The molecule has 4 bridgehead atoms. The van der Waals surface area contributed by atoms with Crippen LogP contribution in [0.2, 0.25) is 0 Å². The molecule has 0 aromatic heterocycles. The number of morpholine rings is 1. The van der Waals surface area contributed by atoms with E-state index in [1.807, 2.05) is 39.8 Å². The summed E-state index contributed by atoms with van der Waals surface area (Å²) in [6, 6.07) is 1.42. The number of Topliss-reactive ketones (excluding diaryl/α,β-unsaturated/α-hetero) is 2. The molecule has 2 saturated heterocycles. The number of hydrogen-bond donors (Lipinski definition) is 2. The molecular weight excluding hydrogens is 498 g/mol. The lowest BCUT2D eigenvalue weighted by Crippen LogP contribution is -2.74. The van der Waals surface area contributed by atoms with E-state index in [0.717, 1.165) is 24.2 Å². The van der Waals surface area contributed by atoms with Crippen LogP contribution in [0.15, 0.2) is 41.0 Å². The van der Waals surface area contributed by atoms with E-state index in [4.69, 9.17) is 14.2 Å². The van der Waals surface area contributed by atoms with Gasteiger partial charge in [-0.3, -0.25) is 14.5 Å². The largest absolute Gasteiger partial charge is 0.507 e. The number of allylic oxidation sites excluding steroid dienone is 4. The summed E-state index contributed by atoms with van der Waals surface area (Å²) in [6.07, 6.45) is 6.24. The lowest BCUT2D eigenvalue weighted by Gasteiger charge is -2.58. The van der Waals surface area contributed by atoms with E-state index >= 15 is 0 Å². The minimum atomic E-state index is -1.34. The quantitative estimate of drug-likeness (QED) is 0.531. The minimum Gasteiger partial charge on any atom is -0.507 e. The van der Waals surface area contributed by atoms with Gasteiger partial charge in [-0.25, -0.2) is 0 Å². The third kappa shape index (κ3) is 3.68. The maximum Gasteiger partial charge on any atom is 0.200 e. The fourth-order valence-electron chi connectivity index (χ4n) is 7.30. The predicted octanol–water partition coefficient (Wildman–Crippen LogP) is 3.75. The molecular formula is C31H37NO7. The Kier molecular flexibility index (Phi) is 6.28. The second kappa shape index (κ2) is 9.32. The van der Waals surface area contributed by atoms with Crippen LogP contribution in [0, 0.1) is 17.8 Å². The van der Waals surface area contributed by atoms with Crippen LogP contribution < -0.4 is 4.74 Å². The van der Waals surface area contributed by atoms with Crippen molar-refractivity contribution in [2.24, 2.45) is 17.8 Å². The number of aromatic hydroxyl groups is 2. The average molecular weight is 536 g/mol. The Labute approximate surface area is 228 Å². The molecule has 1 spiro atoms. The summed E-state index contributed by atoms with van der Waals surface area (Å²) in [6.45, 7) is 11.7. The highest BCUT2D eigenvalue weighted by molar-refractivity contribution is 6.18. The molecule has 208 valence electrons. The molecule has 3 aliphatic heterocycles. The minimum absolute atomic E-state index is 0.0447. The van der Waals surface area contributed by atoms with Crippen molar-refractivity contribution in [3.63, 3.8) is 0 Å². The van der Waals surface area contributed by atoms with Gasteiger partial charge in [-0.2, -0.15) is 0 Å². The highest BCUT2D eigenvalue weighted by Crippen LogP contribution is 2.65. The van der Waals surface area contributed by atoms with E-state index in [-0.39, 0.29) is 58.2 Å². The van der Waals surface area contributed by atoms with Gasteiger partial charge < -0.3 is 24.4 Å². The van der Waals surface area contributed by atoms with E-state index < -0.39 is 17.1 Å². The summed E-state index contributed by atoms with van der Waals surface area (Å²) in [5, 5.41) is 22.1. The maximum atomic E-state index is 14.3. The van der Waals surface area contributed by atoms with Gasteiger partial charge in [0.05, 0.1) is 19.8 Å². The van der Waals surface area contributed by atoms with Crippen molar-refractivity contribution < 1.29 is 34.0 Å². The first-order chi connectivity index (χ1) is 18.6. The number of carbonyl (C=O) groups is 2. The van der Waals surface area contributed by atoms with Crippen molar-refractivity contribution in [3.8, 4) is 17.2 Å². The number of carbonyl (C=O) groups excluding carboxylic acids is 2. The summed E-state index contributed by atoms with van der Waals surface area (Å²) in [4.78, 5) is 30.9. The topological polar surface area (TPSA) is 106 Å². The molecule has 3 aliphatic carbocycles. The summed E-state index contributed by atoms with van der Waals surface area (Å²) < 4.78 is 18.8. The molecule has 3 heterocycles. The molecule has 8 nitrogen and oxygen atoms in total. The molecule has 1 aromatic carbocycles. The predicted molar refractivity (Wildman–Crippen MR) is 144 cm³/mol. The number of nitrogens with zero attached hydrogens (tertiary/aromatic N) is 1. The van der Waals surface area contributed by atoms with Gasteiger partial charge in [0.25, 0.3) is 0 Å². The van der Waals surface area contributed by atoms with Gasteiger partial charge in [0, 0.05) is 55.1 Å². The van der Waals surface area contributed by atoms with E-state index in [2.05, 4.69) is 4.90 Å². The third-order valence-corrected chi connectivity index (χ3v) is 9.23. The third-order valence-electron chi connectivity index (χ3n) is 9.23. The standard InChI is InChI=1S/C31H37NO7/c1-17(2)5-6-19-24(33)14-25-26(27(19)34)28(35)22-13-20-21(15-32-9-11-37-12-10-32)23-16-38-30(29(20)36,8-7-18(3)4)31(22,23)39-25/h5,7,13-14,20-21,23,33-34H,6,8-12,15-16H2,1-4H3/t20-,21+,23-,30+,31-/m1/s1. The van der Waals surface area contributed by atoms with Gasteiger partial charge in [-0.1, -0.05) is 29.4 Å². The molecule has 0 radical (unpaired) electrons. The summed E-state index contributed by atoms with van der Waals surface area (Å²) in [5.41, 5.74) is 0.125. The van der Waals surface area contributed by atoms with E-state index in [9.17, 15) is 19.8 Å². The average Bonchev–Trinajstić information content (AvgIpc) is 3.17. The monoisotopic (exact) mass is 535 g/mol. The lowest BCUT2D eigenvalue weighted by molar-refractivity contribution is -0.171. The molecule has 1 saturated carbocycles. The van der Waals surface area contributed by atoms with Crippen molar-refractivity contribution in [1.29, 1.82) is 0 Å². The molecule has 5 atom stereocenters. The van der Waals surface area contributed by atoms with Crippen molar-refractivity contribution in [2.45, 2.75) is 51.7 Å². The molecule has 8 heteroatoms. The molecule has 7 rings (SSSR count). The zero-order valence-electron chi connectivity index (χ0n) is 23.1. The molecule has 2 N–H and O–H groups in total. The van der Waals surface area contributed by atoms with E-state index in [0.29, 0.717) is 38.4 Å². The second-order valence-electron chi connectivity index (χ2n) is 12.0.